The predicted molar refractivity (Wildman–Crippen MR) is 135 cm³/mol. The van der Waals surface area contributed by atoms with Crippen LogP contribution in [0.25, 0.3) is 11.3 Å². The van der Waals surface area contributed by atoms with Gasteiger partial charge in [0, 0.05) is 18.0 Å². The number of amidine groups is 1. The Hall–Kier alpha value is -3.13. The minimum atomic E-state index is -0.110. The van der Waals surface area contributed by atoms with Crippen LogP contribution >= 0.6 is 0 Å². The Morgan fingerprint density at radius 2 is 1.87 bits per heavy atom. The Morgan fingerprint density at radius 3 is 2.40 bits per heavy atom. The summed E-state index contributed by atoms with van der Waals surface area (Å²) < 4.78 is 0. The summed E-state index contributed by atoms with van der Waals surface area (Å²) >= 11 is 0. The quantitative estimate of drug-likeness (QED) is 0.294. The fraction of sp³-hybridized carbons (Fsp3) is 0.250. The second-order valence-electron chi connectivity index (χ2n) is 8.01. The molecule has 0 amide bonds. The summed E-state index contributed by atoms with van der Waals surface area (Å²) in [6.07, 6.45) is 12.0. The van der Waals surface area contributed by atoms with Gasteiger partial charge in [-0.3, -0.25) is 4.99 Å². The zero-order chi connectivity index (χ0) is 22.5. The molecular weight excluding hydrogens is 364 g/mol. The fourth-order valence-electron chi connectivity index (χ4n) is 3.90. The van der Waals surface area contributed by atoms with Gasteiger partial charge in [0.25, 0.3) is 0 Å². The maximum absolute atomic E-state index is 4.31. The summed E-state index contributed by atoms with van der Waals surface area (Å²) in [5, 5.41) is 3.49. The van der Waals surface area contributed by atoms with Crippen LogP contribution in [0.2, 0.25) is 0 Å². The molecule has 0 fully saturated rings. The van der Waals surface area contributed by atoms with Crippen molar-refractivity contribution >= 4 is 17.1 Å². The molecule has 0 saturated heterocycles. The highest BCUT2D eigenvalue weighted by Crippen LogP contribution is 2.48. The molecular formula is C28H34N2. The van der Waals surface area contributed by atoms with E-state index in [9.17, 15) is 0 Å². The molecule has 1 aliphatic rings. The van der Waals surface area contributed by atoms with Crippen molar-refractivity contribution in [1.82, 2.24) is 5.32 Å². The van der Waals surface area contributed by atoms with Gasteiger partial charge < -0.3 is 5.32 Å². The van der Waals surface area contributed by atoms with Crippen molar-refractivity contribution in [2.45, 2.75) is 40.0 Å². The molecule has 2 rings (SSSR count). The normalized spacial score (nSPS) is 16.7. The van der Waals surface area contributed by atoms with E-state index in [2.05, 4.69) is 81.2 Å². The van der Waals surface area contributed by atoms with Crippen molar-refractivity contribution in [1.29, 1.82) is 0 Å². The number of aliphatic imine (C=N–C) groups is 1. The van der Waals surface area contributed by atoms with Crippen LogP contribution < -0.4 is 5.32 Å². The number of hydrogen-bond acceptors (Lipinski definition) is 1. The monoisotopic (exact) mass is 398 g/mol. The van der Waals surface area contributed by atoms with Gasteiger partial charge in [-0.25, -0.2) is 0 Å². The predicted octanol–water partition coefficient (Wildman–Crippen LogP) is 7.16. The summed E-state index contributed by atoms with van der Waals surface area (Å²) in [4.78, 5) is 4.31. The first kappa shape index (κ1) is 23.2. The van der Waals surface area contributed by atoms with Crippen molar-refractivity contribution in [3.8, 4) is 0 Å². The van der Waals surface area contributed by atoms with Crippen molar-refractivity contribution in [2.75, 3.05) is 7.05 Å². The van der Waals surface area contributed by atoms with Crippen molar-refractivity contribution in [2.24, 2.45) is 4.99 Å². The number of fused-ring (bicyclic) bond motifs is 1. The zero-order valence-corrected chi connectivity index (χ0v) is 19.3. The molecule has 2 heteroatoms. The topological polar surface area (TPSA) is 24.4 Å². The Labute approximate surface area is 182 Å². The highest BCUT2D eigenvalue weighted by molar-refractivity contribution is 5.93. The van der Waals surface area contributed by atoms with Gasteiger partial charge in [-0.05, 0) is 60.2 Å². The van der Waals surface area contributed by atoms with E-state index in [-0.39, 0.29) is 5.41 Å². The smallest absolute Gasteiger partial charge is 0.0972 e. The van der Waals surface area contributed by atoms with Crippen LogP contribution in [0.4, 0.5) is 0 Å². The van der Waals surface area contributed by atoms with E-state index in [1.165, 1.54) is 22.3 Å². The molecule has 1 N–H and O–H groups in total. The SMILES string of the molecule is C=C/C=C\C(C(=C)C)=C(\NC(C)=NC)c1ccc2c(c1)C(C)(C)C(/C=C\C)=C2C=C. The van der Waals surface area contributed by atoms with E-state index in [4.69, 9.17) is 0 Å². The van der Waals surface area contributed by atoms with E-state index in [0.717, 1.165) is 28.2 Å². The third-order valence-electron chi connectivity index (χ3n) is 5.54. The van der Waals surface area contributed by atoms with Crippen LogP contribution in [0.5, 0.6) is 0 Å². The van der Waals surface area contributed by atoms with Crippen molar-refractivity contribution in [3.63, 3.8) is 0 Å². The molecule has 0 saturated carbocycles. The Bertz CT molecular complexity index is 1020. The van der Waals surface area contributed by atoms with E-state index in [1.807, 2.05) is 32.1 Å². The van der Waals surface area contributed by atoms with E-state index >= 15 is 0 Å². The lowest BCUT2D eigenvalue weighted by atomic mass is 9.80. The zero-order valence-electron chi connectivity index (χ0n) is 19.3. The molecule has 0 radical (unpaired) electrons. The number of nitrogens with one attached hydrogen (secondary N) is 1. The average Bonchev–Trinajstić information content (AvgIpc) is 2.93. The van der Waals surface area contributed by atoms with Gasteiger partial charge in [-0.2, -0.15) is 0 Å². The number of benzene rings is 1. The van der Waals surface area contributed by atoms with Crippen LogP contribution in [0.1, 0.15) is 51.3 Å². The first-order valence-corrected chi connectivity index (χ1v) is 10.3. The number of nitrogens with zero attached hydrogens (tertiary/aromatic N) is 1. The van der Waals surface area contributed by atoms with Crippen LogP contribution in [-0.4, -0.2) is 12.9 Å². The largest absolute Gasteiger partial charge is 0.343 e. The number of allylic oxidation sites excluding steroid dienone is 10. The molecule has 1 aromatic carbocycles. The Morgan fingerprint density at radius 1 is 1.17 bits per heavy atom. The highest BCUT2D eigenvalue weighted by atomic mass is 15.0. The molecule has 0 spiro atoms. The van der Waals surface area contributed by atoms with E-state index in [0.29, 0.717) is 0 Å². The van der Waals surface area contributed by atoms with Crippen LogP contribution in [0.15, 0.2) is 96.1 Å². The molecule has 1 aliphatic carbocycles. The number of hydrogen-bond donors (Lipinski definition) is 1. The second-order valence-corrected chi connectivity index (χ2v) is 8.01. The molecule has 156 valence electrons. The summed E-state index contributed by atoms with van der Waals surface area (Å²) in [6, 6.07) is 6.64. The van der Waals surface area contributed by atoms with Crippen molar-refractivity contribution in [3.05, 3.63) is 108 Å². The van der Waals surface area contributed by atoms with Gasteiger partial charge in [-0.1, -0.05) is 82.2 Å². The molecule has 0 heterocycles. The Kier molecular flexibility index (Phi) is 7.39. The Balaban J connectivity index is 2.79. The molecule has 30 heavy (non-hydrogen) atoms. The van der Waals surface area contributed by atoms with Crippen LogP contribution in [0, 0.1) is 0 Å². The van der Waals surface area contributed by atoms with Gasteiger partial charge in [-0.15, -0.1) is 0 Å². The molecule has 1 aromatic rings. The van der Waals surface area contributed by atoms with Gasteiger partial charge >= 0.3 is 0 Å². The standard InChI is InChI=1S/C28H34N2/c1-10-13-15-23(19(4)5)27(30-20(6)29-9)21-16-17-24-22(12-3)25(14-11-2)28(7,8)26(24)18-21/h10-18H,1,3-4H2,2,5-9H3,(H,29,30)/b14-11-,15-13-,27-23-. The van der Waals surface area contributed by atoms with Crippen molar-refractivity contribution < 1.29 is 0 Å². The van der Waals surface area contributed by atoms with Gasteiger partial charge in [0.05, 0.1) is 11.5 Å². The first-order valence-electron chi connectivity index (χ1n) is 10.3. The maximum atomic E-state index is 4.31. The summed E-state index contributed by atoms with van der Waals surface area (Å²) in [5.74, 6) is 0.843. The van der Waals surface area contributed by atoms with Crippen LogP contribution in [0.3, 0.4) is 0 Å². The number of rotatable bonds is 7. The molecule has 0 atom stereocenters. The molecule has 0 aliphatic heterocycles. The van der Waals surface area contributed by atoms with E-state index in [1.54, 1.807) is 13.1 Å². The lowest BCUT2D eigenvalue weighted by Crippen LogP contribution is -2.21. The van der Waals surface area contributed by atoms with Gasteiger partial charge in [0.1, 0.15) is 0 Å². The molecule has 0 bridgehead atoms. The molecule has 0 aromatic heterocycles. The second kappa shape index (κ2) is 9.58. The maximum Gasteiger partial charge on any atom is 0.0972 e. The lowest BCUT2D eigenvalue weighted by Gasteiger charge is -2.24. The lowest BCUT2D eigenvalue weighted by molar-refractivity contribution is 0.654. The van der Waals surface area contributed by atoms with Gasteiger partial charge in [0.2, 0.25) is 0 Å². The third kappa shape index (κ3) is 4.38. The molecule has 0 unspecified atom stereocenters. The molecule has 2 nitrogen and oxygen atoms in total. The first-order chi connectivity index (χ1) is 14.2. The minimum absolute atomic E-state index is 0.110. The average molecular weight is 399 g/mol. The summed E-state index contributed by atoms with van der Waals surface area (Å²) in [5.41, 5.74) is 9.01. The van der Waals surface area contributed by atoms with Crippen LogP contribution in [-0.2, 0) is 5.41 Å². The third-order valence-corrected chi connectivity index (χ3v) is 5.54. The summed E-state index contributed by atoms with van der Waals surface area (Å²) in [7, 11) is 1.79. The van der Waals surface area contributed by atoms with E-state index < -0.39 is 0 Å². The summed E-state index contributed by atoms with van der Waals surface area (Å²) in [6.45, 7) is 22.7. The van der Waals surface area contributed by atoms with Gasteiger partial charge in [0.15, 0.2) is 0 Å². The highest BCUT2D eigenvalue weighted by Gasteiger charge is 2.35. The minimum Gasteiger partial charge on any atom is -0.343 e. The fourth-order valence-corrected chi connectivity index (χ4v) is 3.90.